The molecule has 2 aromatic rings. The van der Waals surface area contributed by atoms with E-state index in [4.69, 9.17) is 4.74 Å². The lowest BCUT2D eigenvalue weighted by Gasteiger charge is -2.34. The summed E-state index contributed by atoms with van der Waals surface area (Å²) in [4.78, 5) is 13.2. The maximum atomic E-state index is 11.9. The molecule has 0 aliphatic carbocycles. The van der Waals surface area contributed by atoms with Crippen LogP contribution in [0.3, 0.4) is 0 Å². The zero-order valence-electron chi connectivity index (χ0n) is 11.0. The molecule has 0 amide bonds. The second-order valence-electron chi connectivity index (χ2n) is 4.85. The van der Waals surface area contributed by atoms with Crippen molar-refractivity contribution in [3.8, 4) is 5.75 Å². The Kier molecular flexibility index (Phi) is 2.89. The highest BCUT2D eigenvalue weighted by Gasteiger charge is 2.45. The molecule has 20 heavy (non-hydrogen) atoms. The first-order valence-corrected chi connectivity index (χ1v) is 6.30. The van der Waals surface area contributed by atoms with E-state index in [2.05, 4.69) is 15.4 Å². The van der Waals surface area contributed by atoms with Crippen LogP contribution in [0.4, 0.5) is 0 Å². The molecule has 1 N–H and O–H groups in total. The summed E-state index contributed by atoms with van der Waals surface area (Å²) in [5.74, 6) is 0.150. The highest BCUT2D eigenvalue weighted by Crippen LogP contribution is 2.40. The van der Waals surface area contributed by atoms with Crippen LogP contribution in [0.2, 0.25) is 0 Å². The number of rotatable bonds is 3. The van der Waals surface area contributed by atoms with Gasteiger partial charge in [0.15, 0.2) is 5.82 Å². The normalized spacial score (nSPS) is 21.1. The molecule has 1 atom stereocenters. The minimum atomic E-state index is -1.06. The van der Waals surface area contributed by atoms with E-state index in [1.54, 1.807) is 19.2 Å². The molecule has 7 heteroatoms. The van der Waals surface area contributed by atoms with Crippen molar-refractivity contribution in [2.24, 2.45) is 7.05 Å². The minimum absolute atomic E-state index is 0.205. The summed E-state index contributed by atoms with van der Waals surface area (Å²) in [6, 6.07) is 7.22. The van der Waals surface area contributed by atoms with Crippen LogP contribution in [0, 0.1) is 0 Å². The number of hydrogen-bond acceptors (Lipinski definition) is 5. The van der Waals surface area contributed by atoms with Gasteiger partial charge in [0.1, 0.15) is 11.2 Å². The number of tetrazole rings is 1. The van der Waals surface area contributed by atoms with Crippen molar-refractivity contribution in [3.63, 3.8) is 0 Å². The van der Waals surface area contributed by atoms with Crippen molar-refractivity contribution in [1.29, 1.82) is 0 Å². The molecule has 7 nitrogen and oxygen atoms in total. The second-order valence-corrected chi connectivity index (χ2v) is 4.85. The number of nitrogens with zero attached hydrogens (tertiary/aromatic N) is 4. The molecule has 2 heterocycles. The number of benzene rings is 1. The van der Waals surface area contributed by atoms with Crippen LogP contribution in [-0.2, 0) is 23.7 Å². The number of aryl methyl sites for hydroxylation is 1. The molecule has 0 saturated heterocycles. The van der Waals surface area contributed by atoms with Gasteiger partial charge in [0.05, 0.1) is 13.7 Å². The van der Waals surface area contributed by atoms with Crippen molar-refractivity contribution >= 4 is 5.97 Å². The summed E-state index contributed by atoms with van der Waals surface area (Å²) in [5.41, 5.74) is -0.385. The highest BCUT2D eigenvalue weighted by molar-refractivity contribution is 5.83. The number of carbonyl (C=O) groups is 1. The number of ether oxygens (including phenoxy) is 1. The number of carboxylic acid groups (broad SMARTS) is 1. The van der Waals surface area contributed by atoms with Crippen LogP contribution in [0.1, 0.15) is 17.8 Å². The van der Waals surface area contributed by atoms with E-state index < -0.39 is 11.4 Å². The fourth-order valence-corrected chi connectivity index (χ4v) is 2.60. The van der Waals surface area contributed by atoms with Gasteiger partial charge in [-0.05, 0) is 11.3 Å². The Balaban J connectivity index is 2.07. The SMILES string of the molecule is Cn1nnc(CC2(C(=O)O)CCOc3ccccc32)n1. The van der Waals surface area contributed by atoms with E-state index in [1.807, 2.05) is 12.1 Å². The maximum absolute atomic E-state index is 11.9. The Morgan fingerprint density at radius 1 is 1.50 bits per heavy atom. The summed E-state index contributed by atoms with van der Waals surface area (Å²) in [5, 5.41) is 21.5. The zero-order chi connectivity index (χ0) is 14.2. The van der Waals surface area contributed by atoms with Gasteiger partial charge in [-0.25, -0.2) is 0 Å². The lowest BCUT2D eigenvalue weighted by molar-refractivity contribution is -0.145. The molecule has 1 aromatic heterocycles. The van der Waals surface area contributed by atoms with Gasteiger partial charge in [0.2, 0.25) is 0 Å². The van der Waals surface area contributed by atoms with Gasteiger partial charge >= 0.3 is 5.97 Å². The van der Waals surface area contributed by atoms with E-state index in [9.17, 15) is 9.90 Å². The largest absolute Gasteiger partial charge is 0.493 e. The monoisotopic (exact) mass is 274 g/mol. The maximum Gasteiger partial charge on any atom is 0.314 e. The molecular weight excluding hydrogens is 260 g/mol. The van der Waals surface area contributed by atoms with Crippen molar-refractivity contribution < 1.29 is 14.6 Å². The van der Waals surface area contributed by atoms with Crippen LogP contribution >= 0.6 is 0 Å². The van der Waals surface area contributed by atoms with Crippen molar-refractivity contribution in [1.82, 2.24) is 20.2 Å². The summed E-state index contributed by atoms with van der Waals surface area (Å²) >= 11 is 0. The molecule has 0 radical (unpaired) electrons. The first-order chi connectivity index (χ1) is 9.62. The van der Waals surface area contributed by atoms with Gasteiger partial charge in [-0.1, -0.05) is 18.2 Å². The number of fused-ring (bicyclic) bond motifs is 1. The predicted molar refractivity (Wildman–Crippen MR) is 68.4 cm³/mol. The standard InChI is InChI=1S/C13H14N4O3/c1-17-15-11(14-16-17)8-13(12(18)19)6-7-20-10-5-3-2-4-9(10)13/h2-5H,6-8H2,1H3,(H,18,19). The quantitative estimate of drug-likeness (QED) is 0.879. The molecular formula is C13H14N4O3. The molecule has 3 rings (SSSR count). The Bertz CT molecular complexity index is 655. The van der Waals surface area contributed by atoms with Gasteiger partial charge in [0, 0.05) is 18.4 Å². The van der Waals surface area contributed by atoms with E-state index in [0.29, 0.717) is 30.2 Å². The van der Waals surface area contributed by atoms with E-state index in [1.165, 1.54) is 4.80 Å². The number of para-hydroxylation sites is 1. The smallest absolute Gasteiger partial charge is 0.314 e. The molecule has 1 aliphatic rings. The number of aliphatic carboxylic acids is 1. The molecule has 0 fully saturated rings. The zero-order valence-corrected chi connectivity index (χ0v) is 11.0. The van der Waals surface area contributed by atoms with Crippen LogP contribution in [0.5, 0.6) is 5.75 Å². The molecule has 1 unspecified atom stereocenters. The summed E-state index contributed by atoms with van der Waals surface area (Å²) in [6.45, 7) is 0.365. The minimum Gasteiger partial charge on any atom is -0.493 e. The summed E-state index contributed by atoms with van der Waals surface area (Å²) in [6.07, 6.45) is 0.591. The predicted octanol–water partition coefficient (Wildman–Crippen LogP) is 0.558. The molecule has 1 aromatic carbocycles. The molecule has 104 valence electrons. The molecule has 1 aliphatic heterocycles. The topological polar surface area (TPSA) is 90.1 Å². The number of aromatic nitrogens is 4. The average molecular weight is 274 g/mol. The number of hydrogen-bond donors (Lipinski definition) is 1. The third kappa shape index (κ3) is 1.91. The Morgan fingerprint density at radius 3 is 3.00 bits per heavy atom. The lowest BCUT2D eigenvalue weighted by atomic mass is 9.73. The molecule has 0 bridgehead atoms. The van der Waals surface area contributed by atoms with E-state index >= 15 is 0 Å². The third-order valence-corrected chi connectivity index (χ3v) is 3.61. The van der Waals surface area contributed by atoms with Crippen LogP contribution < -0.4 is 4.74 Å². The van der Waals surface area contributed by atoms with Gasteiger partial charge in [0.25, 0.3) is 0 Å². The van der Waals surface area contributed by atoms with Gasteiger partial charge in [-0.3, -0.25) is 4.79 Å². The lowest BCUT2D eigenvalue weighted by Crippen LogP contribution is -2.42. The molecule has 0 saturated carbocycles. The summed E-state index contributed by atoms with van der Waals surface area (Å²) in [7, 11) is 1.65. The Hall–Kier alpha value is -2.44. The van der Waals surface area contributed by atoms with Crippen LogP contribution in [0.25, 0.3) is 0 Å². The van der Waals surface area contributed by atoms with Crippen molar-refractivity contribution in [2.45, 2.75) is 18.3 Å². The van der Waals surface area contributed by atoms with Crippen molar-refractivity contribution in [2.75, 3.05) is 6.61 Å². The van der Waals surface area contributed by atoms with Crippen molar-refractivity contribution in [3.05, 3.63) is 35.7 Å². The average Bonchev–Trinajstić information content (AvgIpc) is 2.84. The first-order valence-electron chi connectivity index (χ1n) is 6.30. The van der Waals surface area contributed by atoms with Gasteiger partial charge in [-0.15, -0.1) is 10.2 Å². The Morgan fingerprint density at radius 2 is 2.30 bits per heavy atom. The van der Waals surface area contributed by atoms with Crippen LogP contribution in [-0.4, -0.2) is 37.9 Å². The number of carboxylic acids is 1. The van der Waals surface area contributed by atoms with Gasteiger partial charge in [-0.2, -0.15) is 4.80 Å². The fraction of sp³-hybridized carbons (Fsp3) is 0.385. The first kappa shape index (κ1) is 12.6. The fourth-order valence-electron chi connectivity index (χ4n) is 2.60. The van der Waals surface area contributed by atoms with E-state index in [-0.39, 0.29) is 6.42 Å². The molecule has 0 spiro atoms. The third-order valence-electron chi connectivity index (χ3n) is 3.61. The van der Waals surface area contributed by atoms with E-state index in [0.717, 1.165) is 0 Å². The van der Waals surface area contributed by atoms with Crippen LogP contribution in [0.15, 0.2) is 24.3 Å². The van der Waals surface area contributed by atoms with Gasteiger partial charge < -0.3 is 9.84 Å². The second kappa shape index (κ2) is 4.59. The highest BCUT2D eigenvalue weighted by atomic mass is 16.5. The Labute approximate surface area is 115 Å². The summed E-state index contributed by atoms with van der Waals surface area (Å²) < 4.78 is 5.55.